The average molecular weight is 191 g/mol. The summed E-state index contributed by atoms with van der Waals surface area (Å²) in [5.41, 5.74) is 0.732. The Labute approximate surface area is 77.9 Å². The molecule has 2 aromatic heterocycles. The van der Waals surface area contributed by atoms with Crippen LogP contribution in [0.25, 0.3) is 5.65 Å². The number of nitro groups is 1. The van der Waals surface area contributed by atoms with E-state index < -0.39 is 4.92 Å². The van der Waals surface area contributed by atoms with Crippen LogP contribution in [0.1, 0.15) is 10.5 Å². The van der Waals surface area contributed by atoms with Crippen LogP contribution in [-0.2, 0) is 0 Å². The molecule has 0 bridgehead atoms. The Morgan fingerprint density at radius 3 is 2.86 bits per heavy atom. The largest absolute Gasteiger partial charge is 0.299 e. The molecule has 0 saturated carbocycles. The summed E-state index contributed by atoms with van der Waals surface area (Å²) < 4.78 is 1.45. The Morgan fingerprint density at radius 1 is 1.43 bits per heavy atom. The average Bonchev–Trinajstić information content (AvgIpc) is 2.58. The highest BCUT2D eigenvalue weighted by Crippen LogP contribution is 2.12. The molecule has 6 nitrogen and oxygen atoms in total. The standard InChI is InChI=1S/C8H5N3O3/c12-5-6-3-10-4-7(11(13)14)1-2-8(10)9-6/h1-5H. The lowest BCUT2D eigenvalue weighted by molar-refractivity contribution is -0.385. The molecule has 0 N–H and O–H groups in total. The molecule has 70 valence electrons. The predicted molar refractivity (Wildman–Crippen MR) is 47.2 cm³/mol. The van der Waals surface area contributed by atoms with Crippen molar-refractivity contribution in [3.05, 3.63) is 40.3 Å². The lowest BCUT2D eigenvalue weighted by atomic mass is 10.4. The molecule has 2 aromatic rings. The third-order valence-electron chi connectivity index (χ3n) is 1.79. The summed E-state index contributed by atoms with van der Waals surface area (Å²) in [6.07, 6.45) is 3.35. The Balaban J connectivity index is 2.65. The molecule has 0 aliphatic heterocycles. The zero-order valence-corrected chi connectivity index (χ0v) is 6.95. The quantitative estimate of drug-likeness (QED) is 0.404. The lowest BCUT2D eigenvalue weighted by Gasteiger charge is -1.92. The summed E-state index contributed by atoms with van der Waals surface area (Å²) in [6.45, 7) is 0. The van der Waals surface area contributed by atoms with Crippen LogP contribution in [0.2, 0.25) is 0 Å². The van der Waals surface area contributed by atoms with E-state index in [2.05, 4.69) is 4.98 Å². The number of nitrogens with zero attached hydrogens (tertiary/aromatic N) is 3. The van der Waals surface area contributed by atoms with Crippen LogP contribution < -0.4 is 0 Å². The van der Waals surface area contributed by atoms with Gasteiger partial charge in [-0.2, -0.15) is 0 Å². The van der Waals surface area contributed by atoms with E-state index in [1.807, 2.05) is 0 Å². The Kier molecular flexibility index (Phi) is 1.74. The number of rotatable bonds is 2. The van der Waals surface area contributed by atoms with Crippen LogP contribution in [-0.4, -0.2) is 20.6 Å². The summed E-state index contributed by atoms with van der Waals surface area (Å²) in [5, 5.41) is 10.4. The van der Waals surface area contributed by atoms with Gasteiger partial charge in [-0.25, -0.2) is 4.98 Å². The molecule has 0 fully saturated rings. The van der Waals surface area contributed by atoms with Crippen molar-refractivity contribution in [2.75, 3.05) is 0 Å². The van der Waals surface area contributed by atoms with E-state index in [-0.39, 0.29) is 11.4 Å². The molecule has 0 unspecified atom stereocenters. The van der Waals surface area contributed by atoms with E-state index in [0.29, 0.717) is 11.9 Å². The predicted octanol–water partition coefficient (Wildman–Crippen LogP) is 1.05. The van der Waals surface area contributed by atoms with Crippen molar-refractivity contribution in [1.82, 2.24) is 9.38 Å². The van der Waals surface area contributed by atoms with Crippen molar-refractivity contribution in [3.63, 3.8) is 0 Å². The fourth-order valence-electron chi connectivity index (χ4n) is 1.16. The molecule has 0 aromatic carbocycles. The zero-order valence-electron chi connectivity index (χ0n) is 6.95. The lowest BCUT2D eigenvalue weighted by Crippen LogP contribution is -1.90. The Hall–Kier alpha value is -2.24. The molecule has 0 spiro atoms. The zero-order chi connectivity index (χ0) is 10.1. The van der Waals surface area contributed by atoms with Crippen molar-refractivity contribution in [3.8, 4) is 0 Å². The summed E-state index contributed by atoms with van der Waals surface area (Å²) in [6, 6.07) is 2.84. The topological polar surface area (TPSA) is 77.5 Å². The van der Waals surface area contributed by atoms with Crippen molar-refractivity contribution in [2.24, 2.45) is 0 Å². The third-order valence-corrected chi connectivity index (χ3v) is 1.79. The van der Waals surface area contributed by atoms with Crippen LogP contribution in [0.4, 0.5) is 5.69 Å². The van der Waals surface area contributed by atoms with E-state index in [1.54, 1.807) is 0 Å². The van der Waals surface area contributed by atoms with Crippen molar-refractivity contribution < 1.29 is 9.72 Å². The van der Waals surface area contributed by atoms with E-state index in [9.17, 15) is 14.9 Å². The second kappa shape index (κ2) is 2.91. The summed E-state index contributed by atoms with van der Waals surface area (Å²) in [4.78, 5) is 24.2. The first-order valence-corrected chi connectivity index (χ1v) is 3.79. The van der Waals surface area contributed by atoms with Gasteiger partial charge in [-0.1, -0.05) is 0 Å². The monoisotopic (exact) mass is 191 g/mol. The van der Waals surface area contributed by atoms with Crippen LogP contribution in [0.15, 0.2) is 24.5 Å². The molecule has 2 rings (SSSR count). The van der Waals surface area contributed by atoms with Gasteiger partial charge in [0.15, 0.2) is 6.29 Å². The summed E-state index contributed by atoms with van der Waals surface area (Å²) >= 11 is 0. The summed E-state index contributed by atoms with van der Waals surface area (Å²) in [5.74, 6) is 0. The minimum absolute atomic E-state index is 0.0349. The molecule has 0 radical (unpaired) electrons. The van der Waals surface area contributed by atoms with Crippen molar-refractivity contribution in [2.45, 2.75) is 0 Å². The normalized spacial score (nSPS) is 10.3. The summed E-state index contributed by atoms with van der Waals surface area (Å²) in [7, 11) is 0. The molecule has 14 heavy (non-hydrogen) atoms. The molecular weight excluding hydrogens is 186 g/mol. The molecule has 0 amide bonds. The van der Waals surface area contributed by atoms with E-state index in [4.69, 9.17) is 0 Å². The van der Waals surface area contributed by atoms with Gasteiger partial charge in [-0.3, -0.25) is 19.3 Å². The second-order valence-electron chi connectivity index (χ2n) is 2.69. The molecule has 0 saturated heterocycles. The first-order valence-electron chi connectivity index (χ1n) is 3.79. The smallest absolute Gasteiger partial charge is 0.286 e. The van der Waals surface area contributed by atoms with Gasteiger partial charge < -0.3 is 0 Å². The van der Waals surface area contributed by atoms with Crippen molar-refractivity contribution in [1.29, 1.82) is 0 Å². The number of aromatic nitrogens is 2. The number of pyridine rings is 1. The highest BCUT2D eigenvalue weighted by molar-refractivity contribution is 5.73. The molecule has 0 aliphatic carbocycles. The number of aldehydes is 1. The van der Waals surface area contributed by atoms with Crippen LogP contribution in [0, 0.1) is 10.1 Å². The number of carbonyl (C=O) groups is 1. The van der Waals surface area contributed by atoms with Gasteiger partial charge in [0.2, 0.25) is 0 Å². The number of carbonyl (C=O) groups excluding carboxylic acids is 1. The van der Waals surface area contributed by atoms with E-state index in [0.717, 1.165) is 0 Å². The molecule has 0 atom stereocenters. The number of fused-ring (bicyclic) bond motifs is 1. The van der Waals surface area contributed by atoms with Crippen LogP contribution >= 0.6 is 0 Å². The first-order chi connectivity index (χ1) is 6.70. The highest BCUT2D eigenvalue weighted by Gasteiger charge is 2.07. The van der Waals surface area contributed by atoms with Crippen LogP contribution in [0.5, 0.6) is 0 Å². The fourth-order valence-corrected chi connectivity index (χ4v) is 1.16. The van der Waals surface area contributed by atoms with Gasteiger partial charge in [0, 0.05) is 12.3 Å². The minimum atomic E-state index is -0.500. The van der Waals surface area contributed by atoms with Crippen molar-refractivity contribution >= 4 is 17.6 Å². The van der Waals surface area contributed by atoms with Gasteiger partial charge in [-0.15, -0.1) is 0 Å². The van der Waals surface area contributed by atoms with Gasteiger partial charge in [0.1, 0.15) is 11.3 Å². The minimum Gasteiger partial charge on any atom is -0.299 e. The SMILES string of the molecule is O=Cc1cn2cc([N+](=O)[O-])ccc2n1. The maximum atomic E-state index is 10.4. The third kappa shape index (κ3) is 1.22. The number of hydrogen-bond acceptors (Lipinski definition) is 4. The highest BCUT2D eigenvalue weighted by atomic mass is 16.6. The first kappa shape index (κ1) is 8.36. The van der Waals surface area contributed by atoms with Crippen LogP contribution in [0.3, 0.4) is 0 Å². The van der Waals surface area contributed by atoms with E-state index in [1.165, 1.54) is 28.9 Å². The number of imidazole rings is 1. The van der Waals surface area contributed by atoms with Gasteiger partial charge in [0.25, 0.3) is 5.69 Å². The number of hydrogen-bond donors (Lipinski definition) is 0. The molecular formula is C8H5N3O3. The van der Waals surface area contributed by atoms with E-state index >= 15 is 0 Å². The Bertz CT molecular complexity index is 518. The van der Waals surface area contributed by atoms with Gasteiger partial charge in [0.05, 0.1) is 11.1 Å². The molecule has 0 aliphatic rings. The fraction of sp³-hybridized carbons (Fsp3) is 0. The Morgan fingerprint density at radius 2 is 2.21 bits per heavy atom. The van der Waals surface area contributed by atoms with Gasteiger partial charge in [-0.05, 0) is 6.07 Å². The molecule has 2 heterocycles. The maximum Gasteiger partial charge on any atom is 0.286 e. The molecule has 6 heteroatoms. The van der Waals surface area contributed by atoms with Gasteiger partial charge >= 0.3 is 0 Å². The maximum absolute atomic E-state index is 10.4. The second-order valence-corrected chi connectivity index (χ2v) is 2.69.